The summed E-state index contributed by atoms with van der Waals surface area (Å²) in [6, 6.07) is 0. The Hall–Kier alpha value is -0.790. The van der Waals surface area contributed by atoms with Crippen LogP contribution in [0.5, 0.6) is 0 Å². The zero-order valence-electron chi connectivity index (χ0n) is 15.2. The number of amides is 2. The van der Waals surface area contributed by atoms with E-state index in [1.165, 1.54) is 55.0 Å². The van der Waals surface area contributed by atoms with E-state index in [4.69, 9.17) is 4.74 Å². The summed E-state index contributed by atoms with van der Waals surface area (Å²) >= 11 is 1.29. The van der Waals surface area contributed by atoms with Gasteiger partial charge in [0.1, 0.15) is 0 Å². The molecule has 1 heterocycles. The highest BCUT2D eigenvalue weighted by Crippen LogP contribution is 2.15. The minimum atomic E-state index is -0.513. The number of morpholine rings is 1. The van der Waals surface area contributed by atoms with Crippen molar-refractivity contribution in [3.63, 3.8) is 0 Å². The number of carbonyl (C=O) groups is 2. The fourth-order valence-corrected chi connectivity index (χ4v) is 3.33. The van der Waals surface area contributed by atoms with Crippen molar-refractivity contribution in [1.29, 1.82) is 0 Å². The average Bonchev–Trinajstić information content (AvgIpc) is 2.60. The van der Waals surface area contributed by atoms with E-state index >= 15 is 0 Å². The van der Waals surface area contributed by atoms with Crippen molar-refractivity contribution in [2.45, 2.75) is 58.3 Å². The highest BCUT2D eigenvalue weighted by atomic mass is 32.2. The third kappa shape index (κ3) is 9.49. The smallest absolute Gasteiger partial charge is 0.322 e. The van der Waals surface area contributed by atoms with Crippen molar-refractivity contribution in [2.24, 2.45) is 0 Å². The van der Waals surface area contributed by atoms with E-state index in [1.807, 2.05) is 4.31 Å². The zero-order valence-corrected chi connectivity index (χ0v) is 16.0. The van der Waals surface area contributed by atoms with Crippen LogP contribution in [0.25, 0.3) is 0 Å². The Morgan fingerprint density at radius 2 is 1.62 bits per heavy atom. The molecule has 0 unspecified atom stereocenters. The lowest BCUT2D eigenvalue weighted by Gasteiger charge is -2.28. The van der Waals surface area contributed by atoms with Crippen LogP contribution in [0.2, 0.25) is 0 Å². The van der Waals surface area contributed by atoms with Crippen molar-refractivity contribution in [3.05, 3.63) is 0 Å². The third-order valence-electron chi connectivity index (χ3n) is 4.00. The van der Waals surface area contributed by atoms with Gasteiger partial charge in [-0.1, -0.05) is 51.9 Å². The average molecular weight is 360 g/mol. The number of nitrogens with zero attached hydrogens (tertiary/aromatic N) is 2. The molecule has 140 valence electrons. The second-order valence-corrected chi connectivity index (χ2v) is 7.38. The molecular formula is C17H33N3O3S. The van der Waals surface area contributed by atoms with Crippen molar-refractivity contribution in [3.8, 4) is 0 Å². The Morgan fingerprint density at radius 1 is 1.04 bits per heavy atom. The fraction of sp³-hybridized carbons (Fsp3) is 0.882. The number of unbranched alkanes of at least 4 members (excludes halogenated alkanes) is 7. The number of likely N-dealkylation sites (N-methyl/N-ethyl adjacent to an activating group) is 1. The normalized spacial score (nSPS) is 15.2. The summed E-state index contributed by atoms with van der Waals surface area (Å²) in [6.07, 6.45) is 9.77. The van der Waals surface area contributed by atoms with Crippen molar-refractivity contribution in [2.75, 3.05) is 39.9 Å². The Labute approximate surface area is 150 Å². The van der Waals surface area contributed by atoms with E-state index in [0.29, 0.717) is 19.8 Å². The molecule has 7 heteroatoms. The van der Waals surface area contributed by atoms with Crippen LogP contribution in [-0.4, -0.2) is 60.3 Å². The van der Waals surface area contributed by atoms with Crippen LogP contribution in [0.15, 0.2) is 0 Å². The molecule has 0 aromatic carbocycles. The molecule has 0 spiro atoms. The molecule has 0 bridgehead atoms. The minimum Gasteiger partial charge on any atom is -0.379 e. The standard InChI is InChI=1S/C17H33N3O3S/c1-3-4-5-6-7-8-9-10-11-18-16(21)17(22)19(2)24-20-12-14-23-15-13-20/h3-15H2,1-2H3,(H,18,21). The maximum absolute atomic E-state index is 12.0. The Bertz CT molecular complexity index is 363. The molecule has 0 aliphatic carbocycles. The number of nitrogens with one attached hydrogen (secondary N) is 1. The maximum Gasteiger partial charge on any atom is 0.322 e. The monoisotopic (exact) mass is 359 g/mol. The van der Waals surface area contributed by atoms with E-state index in [1.54, 1.807) is 7.05 Å². The fourth-order valence-electron chi connectivity index (χ4n) is 2.52. The van der Waals surface area contributed by atoms with Crippen molar-refractivity contribution < 1.29 is 14.3 Å². The third-order valence-corrected chi connectivity index (χ3v) is 5.01. The summed E-state index contributed by atoms with van der Waals surface area (Å²) in [7, 11) is 1.64. The molecule has 0 atom stereocenters. The molecule has 0 aromatic rings. The van der Waals surface area contributed by atoms with Gasteiger partial charge in [-0.05, 0) is 6.42 Å². The van der Waals surface area contributed by atoms with Gasteiger partial charge >= 0.3 is 11.8 Å². The predicted octanol–water partition coefficient (Wildman–Crippen LogP) is 2.60. The maximum atomic E-state index is 12.0. The van der Waals surface area contributed by atoms with Crippen LogP contribution in [0.4, 0.5) is 0 Å². The van der Waals surface area contributed by atoms with E-state index in [-0.39, 0.29) is 0 Å². The van der Waals surface area contributed by atoms with Gasteiger partial charge < -0.3 is 10.1 Å². The van der Waals surface area contributed by atoms with Crippen LogP contribution in [0, 0.1) is 0 Å². The second kappa shape index (κ2) is 13.5. The molecule has 24 heavy (non-hydrogen) atoms. The van der Waals surface area contributed by atoms with Crippen molar-refractivity contribution >= 4 is 23.9 Å². The highest BCUT2D eigenvalue weighted by molar-refractivity contribution is 7.95. The van der Waals surface area contributed by atoms with Gasteiger partial charge in [0, 0.05) is 38.8 Å². The first-order valence-corrected chi connectivity index (χ1v) is 9.94. The van der Waals surface area contributed by atoms with Gasteiger partial charge in [-0.25, -0.2) is 4.31 Å². The number of hydrogen-bond donors (Lipinski definition) is 1. The molecule has 1 aliphatic heterocycles. The van der Waals surface area contributed by atoms with Gasteiger partial charge in [0.05, 0.1) is 13.2 Å². The lowest BCUT2D eigenvalue weighted by molar-refractivity contribution is -0.142. The molecule has 0 saturated carbocycles. The quantitative estimate of drug-likeness (QED) is 0.349. The van der Waals surface area contributed by atoms with Crippen LogP contribution >= 0.6 is 12.1 Å². The first-order chi connectivity index (χ1) is 11.6. The highest BCUT2D eigenvalue weighted by Gasteiger charge is 2.22. The van der Waals surface area contributed by atoms with E-state index in [0.717, 1.165) is 25.9 Å². The minimum absolute atomic E-state index is 0.494. The van der Waals surface area contributed by atoms with Gasteiger partial charge in [-0.2, -0.15) is 0 Å². The van der Waals surface area contributed by atoms with Gasteiger partial charge in [0.15, 0.2) is 0 Å². The number of rotatable bonds is 11. The largest absolute Gasteiger partial charge is 0.379 e. The summed E-state index contributed by atoms with van der Waals surface area (Å²) < 4.78 is 8.70. The molecule has 6 nitrogen and oxygen atoms in total. The zero-order chi connectivity index (χ0) is 17.6. The summed E-state index contributed by atoms with van der Waals surface area (Å²) in [4.78, 5) is 23.9. The van der Waals surface area contributed by atoms with Crippen LogP contribution in [-0.2, 0) is 14.3 Å². The van der Waals surface area contributed by atoms with E-state index < -0.39 is 11.8 Å². The summed E-state index contributed by atoms with van der Waals surface area (Å²) in [5, 5.41) is 2.73. The lowest BCUT2D eigenvalue weighted by atomic mass is 10.1. The Morgan fingerprint density at radius 3 is 2.25 bits per heavy atom. The number of ether oxygens (including phenoxy) is 1. The molecule has 0 aromatic heterocycles. The second-order valence-electron chi connectivity index (χ2n) is 6.16. The Balaban J connectivity index is 2.03. The predicted molar refractivity (Wildman–Crippen MR) is 98.4 cm³/mol. The molecular weight excluding hydrogens is 326 g/mol. The summed E-state index contributed by atoms with van der Waals surface area (Å²) in [6.45, 7) is 5.67. The van der Waals surface area contributed by atoms with Crippen molar-refractivity contribution in [1.82, 2.24) is 13.9 Å². The first kappa shape index (κ1) is 21.3. The Kier molecular flexibility index (Phi) is 12.0. The first-order valence-electron chi connectivity index (χ1n) is 9.21. The van der Waals surface area contributed by atoms with Gasteiger partial charge in [0.25, 0.3) is 0 Å². The van der Waals surface area contributed by atoms with Crippen LogP contribution < -0.4 is 5.32 Å². The molecule has 1 N–H and O–H groups in total. The van der Waals surface area contributed by atoms with Crippen LogP contribution in [0.3, 0.4) is 0 Å². The molecule has 2 amide bonds. The van der Waals surface area contributed by atoms with Crippen LogP contribution in [0.1, 0.15) is 58.3 Å². The van der Waals surface area contributed by atoms with Gasteiger partial charge in [0.2, 0.25) is 0 Å². The molecule has 1 aliphatic rings. The molecule has 0 radical (unpaired) electrons. The topological polar surface area (TPSA) is 61.9 Å². The SMILES string of the molecule is CCCCCCCCCCNC(=O)C(=O)N(C)SN1CCOCC1. The molecule has 1 rings (SSSR count). The molecule has 1 saturated heterocycles. The lowest BCUT2D eigenvalue weighted by Crippen LogP contribution is -2.41. The number of hydrogen-bond acceptors (Lipinski definition) is 5. The summed E-state index contributed by atoms with van der Waals surface area (Å²) in [5.41, 5.74) is 0. The van der Waals surface area contributed by atoms with Gasteiger partial charge in [-0.3, -0.25) is 13.9 Å². The number of carbonyl (C=O) groups excluding carboxylic acids is 2. The van der Waals surface area contributed by atoms with E-state index in [2.05, 4.69) is 12.2 Å². The summed E-state index contributed by atoms with van der Waals surface area (Å²) in [5.74, 6) is -1.01. The molecule has 1 fully saturated rings. The van der Waals surface area contributed by atoms with E-state index in [9.17, 15) is 9.59 Å². The van der Waals surface area contributed by atoms with Gasteiger partial charge in [-0.15, -0.1) is 0 Å².